The average Bonchev–Trinajstić information content (AvgIpc) is 3.38. The Labute approximate surface area is 198 Å². The predicted molar refractivity (Wildman–Crippen MR) is 129 cm³/mol. The maximum atomic E-state index is 13.1. The number of alkyl halides is 2. The Morgan fingerprint density at radius 2 is 1.97 bits per heavy atom. The number of likely N-dealkylation sites (tertiary alicyclic amines) is 1. The van der Waals surface area contributed by atoms with Crippen molar-refractivity contribution in [3.63, 3.8) is 0 Å². The molecule has 0 amide bonds. The maximum Gasteiger partial charge on any atom is 0.242 e. The Morgan fingerprint density at radius 1 is 1.21 bits per heavy atom. The highest BCUT2D eigenvalue weighted by Gasteiger charge is 2.51. The molecule has 1 saturated heterocycles. The van der Waals surface area contributed by atoms with Crippen molar-refractivity contribution in [2.75, 3.05) is 19.6 Å². The monoisotopic (exact) mass is 463 g/mol. The first kappa shape index (κ1) is 25.1. The zero-order valence-corrected chi connectivity index (χ0v) is 20.6. The lowest BCUT2D eigenvalue weighted by molar-refractivity contribution is 0.0283. The fourth-order valence-electron chi connectivity index (χ4n) is 7.63. The van der Waals surface area contributed by atoms with Crippen molar-refractivity contribution in [3.05, 3.63) is 35.5 Å². The Hall–Kier alpha value is -1.04. The number of aliphatic hydroxyl groups excluding tert-OH is 2. The second-order valence-corrected chi connectivity index (χ2v) is 11.8. The van der Waals surface area contributed by atoms with Crippen LogP contribution in [0.5, 0.6) is 0 Å². The van der Waals surface area contributed by atoms with Gasteiger partial charge in [0.25, 0.3) is 0 Å². The summed E-state index contributed by atoms with van der Waals surface area (Å²) in [6.07, 6.45) is 8.10. The summed E-state index contributed by atoms with van der Waals surface area (Å²) < 4.78 is 26.2. The molecule has 0 aromatic heterocycles. The van der Waals surface area contributed by atoms with E-state index in [4.69, 9.17) is 0 Å². The third-order valence-electron chi connectivity index (χ3n) is 9.74. The molecule has 3 saturated carbocycles. The van der Waals surface area contributed by atoms with Crippen LogP contribution in [-0.4, -0.2) is 53.4 Å². The number of aliphatic hydroxyl groups is 2. The highest BCUT2D eigenvalue weighted by molar-refractivity contribution is 5.39. The molecular formula is C28H43F2NO2. The van der Waals surface area contributed by atoms with Gasteiger partial charge in [-0.1, -0.05) is 45.1 Å². The normalized spacial score (nSPS) is 43.6. The van der Waals surface area contributed by atoms with Gasteiger partial charge in [-0.25, -0.2) is 8.78 Å². The van der Waals surface area contributed by atoms with Crippen molar-refractivity contribution >= 4 is 0 Å². The standard InChI is InChI=1S/C28H43F2NO2/c1-17(15-31-13-11-22(16-31)27(29)30)23-9-10-24-20(6-5-12-28(23,24)4)7-8-21-14-25(32)19(3)26(33)18(21)2/h7-8,17,19,22-27,32-33H,2,5-6,9-16H2,1,3-4H3/b20-7+,21-8-/t17-,19?,22-,23-,24+,25?,26?,28-/m1/s1. The van der Waals surface area contributed by atoms with E-state index in [1.165, 1.54) is 31.3 Å². The van der Waals surface area contributed by atoms with Crippen LogP contribution >= 0.6 is 0 Å². The molecule has 0 aromatic carbocycles. The molecule has 3 unspecified atom stereocenters. The second kappa shape index (κ2) is 9.91. The molecule has 4 aliphatic rings. The van der Waals surface area contributed by atoms with Crippen molar-refractivity contribution in [3.8, 4) is 0 Å². The molecule has 4 fully saturated rings. The smallest absolute Gasteiger partial charge is 0.242 e. The van der Waals surface area contributed by atoms with Gasteiger partial charge in [0.1, 0.15) is 0 Å². The van der Waals surface area contributed by atoms with Crippen LogP contribution in [0.3, 0.4) is 0 Å². The first-order valence-corrected chi connectivity index (χ1v) is 13.1. The summed E-state index contributed by atoms with van der Waals surface area (Å²) in [7, 11) is 0. The van der Waals surface area contributed by atoms with Gasteiger partial charge < -0.3 is 15.1 Å². The van der Waals surface area contributed by atoms with Crippen molar-refractivity contribution in [2.45, 2.75) is 84.4 Å². The molecule has 5 heteroatoms. The molecule has 3 nitrogen and oxygen atoms in total. The predicted octanol–water partition coefficient (Wildman–Crippen LogP) is 5.60. The summed E-state index contributed by atoms with van der Waals surface area (Å²) >= 11 is 0. The third kappa shape index (κ3) is 4.88. The van der Waals surface area contributed by atoms with Crippen LogP contribution in [0.1, 0.15) is 65.7 Å². The van der Waals surface area contributed by atoms with Gasteiger partial charge in [-0.05, 0) is 85.8 Å². The molecule has 33 heavy (non-hydrogen) atoms. The fourth-order valence-corrected chi connectivity index (χ4v) is 7.63. The lowest BCUT2D eigenvalue weighted by Gasteiger charge is -2.45. The SMILES string of the molecule is C=C1/C(=C\C=C2/CCC[C@]3(C)[C@@H]([C@H](C)CN4CC[C@@H](C(F)F)C4)CC[C@@H]23)CC(O)C(C)C1O. The van der Waals surface area contributed by atoms with Gasteiger partial charge in [0.2, 0.25) is 6.43 Å². The van der Waals surface area contributed by atoms with Crippen LogP contribution in [0, 0.1) is 35.0 Å². The van der Waals surface area contributed by atoms with Crippen LogP contribution in [0.25, 0.3) is 0 Å². The van der Waals surface area contributed by atoms with Gasteiger partial charge in [-0.2, -0.15) is 0 Å². The molecule has 1 aliphatic heterocycles. The number of allylic oxidation sites excluding steroid dienone is 3. The molecule has 8 atom stereocenters. The van der Waals surface area contributed by atoms with Crippen molar-refractivity contribution in [1.29, 1.82) is 0 Å². The molecule has 0 radical (unpaired) electrons. The van der Waals surface area contributed by atoms with Gasteiger partial charge >= 0.3 is 0 Å². The van der Waals surface area contributed by atoms with Crippen LogP contribution in [0.4, 0.5) is 8.78 Å². The van der Waals surface area contributed by atoms with Crippen LogP contribution in [0.2, 0.25) is 0 Å². The Kier molecular flexibility index (Phi) is 7.53. The number of hydrogen-bond acceptors (Lipinski definition) is 3. The molecule has 1 heterocycles. The van der Waals surface area contributed by atoms with Crippen LogP contribution in [-0.2, 0) is 0 Å². The molecule has 186 valence electrons. The number of rotatable bonds is 5. The molecule has 0 spiro atoms. The average molecular weight is 464 g/mol. The van der Waals surface area contributed by atoms with Gasteiger partial charge in [0.15, 0.2) is 0 Å². The van der Waals surface area contributed by atoms with E-state index in [9.17, 15) is 19.0 Å². The first-order chi connectivity index (χ1) is 15.6. The fraction of sp³-hybridized carbons (Fsp3) is 0.786. The quantitative estimate of drug-likeness (QED) is 0.558. The zero-order valence-electron chi connectivity index (χ0n) is 20.6. The van der Waals surface area contributed by atoms with E-state index in [0.29, 0.717) is 37.1 Å². The van der Waals surface area contributed by atoms with Crippen molar-refractivity contribution in [1.82, 2.24) is 4.90 Å². The highest BCUT2D eigenvalue weighted by atomic mass is 19.3. The Balaban J connectivity index is 1.45. The van der Waals surface area contributed by atoms with Gasteiger partial charge in [-0.15, -0.1) is 0 Å². The number of nitrogens with zero attached hydrogens (tertiary/aromatic N) is 1. The molecule has 3 aliphatic carbocycles. The molecule has 0 aromatic rings. The summed E-state index contributed by atoms with van der Waals surface area (Å²) in [5, 5.41) is 20.7. The topological polar surface area (TPSA) is 43.7 Å². The van der Waals surface area contributed by atoms with E-state index in [0.717, 1.165) is 30.7 Å². The number of hydrogen-bond donors (Lipinski definition) is 2. The van der Waals surface area contributed by atoms with E-state index >= 15 is 0 Å². The zero-order chi connectivity index (χ0) is 23.9. The summed E-state index contributed by atoms with van der Waals surface area (Å²) in [5.41, 5.74) is 3.48. The minimum Gasteiger partial charge on any atom is -0.392 e. The van der Waals surface area contributed by atoms with E-state index in [-0.39, 0.29) is 11.3 Å². The van der Waals surface area contributed by atoms with Crippen LogP contribution in [0.15, 0.2) is 35.5 Å². The summed E-state index contributed by atoms with van der Waals surface area (Å²) in [6, 6.07) is 0. The van der Waals surface area contributed by atoms with Gasteiger partial charge in [0, 0.05) is 24.9 Å². The van der Waals surface area contributed by atoms with Crippen LogP contribution < -0.4 is 0 Å². The largest absolute Gasteiger partial charge is 0.392 e. The van der Waals surface area contributed by atoms with Crippen molar-refractivity contribution < 1.29 is 19.0 Å². The van der Waals surface area contributed by atoms with E-state index < -0.39 is 24.6 Å². The Bertz CT molecular complexity index is 793. The van der Waals surface area contributed by atoms with Gasteiger partial charge in [-0.3, -0.25) is 0 Å². The third-order valence-corrected chi connectivity index (χ3v) is 9.74. The Morgan fingerprint density at radius 3 is 2.67 bits per heavy atom. The first-order valence-electron chi connectivity index (χ1n) is 13.1. The molecular weight excluding hydrogens is 420 g/mol. The maximum absolute atomic E-state index is 13.1. The molecule has 4 rings (SSSR count). The summed E-state index contributed by atoms with van der Waals surface area (Å²) in [4.78, 5) is 2.27. The lowest BCUT2D eigenvalue weighted by atomic mass is 9.61. The van der Waals surface area contributed by atoms with E-state index in [2.05, 4.69) is 37.5 Å². The van der Waals surface area contributed by atoms with E-state index in [1.807, 2.05) is 6.92 Å². The van der Waals surface area contributed by atoms with E-state index in [1.54, 1.807) is 0 Å². The minimum atomic E-state index is -2.19. The molecule has 0 bridgehead atoms. The lowest BCUT2D eigenvalue weighted by Crippen LogP contribution is -2.39. The summed E-state index contributed by atoms with van der Waals surface area (Å²) in [6.45, 7) is 13.1. The number of fused-ring (bicyclic) bond motifs is 1. The summed E-state index contributed by atoms with van der Waals surface area (Å²) in [5.74, 6) is 1.08. The molecule has 2 N–H and O–H groups in total. The second-order valence-electron chi connectivity index (χ2n) is 11.8. The minimum absolute atomic E-state index is 0.177. The van der Waals surface area contributed by atoms with Crippen molar-refractivity contribution in [2.24, 2.45) is 35.0 Å². The van der Waals surface area contributed by atoms with Gasteiger partial charge in [0.05, 0.1) is 12.2 Å². The highest BCUT2D eigenvalue weighted by Crippen LogP contribution is 2.59. The number of halogens is 2.